The molecule has 0 unspecified atom stereocenters. The van der Waals surface area contributed by atoms with Crippen molar-refractivity contribution < 1.29 is 9.53 Å². The van der Waals surface area contributed by atoms with Crippen LogP contribution >= 0.6 is 24.0 Å². The molecule has 0 rings (SSSR count). The summed E-state index contributed by atoms with van der Waals surface area (Å²) in [7, 11) is 1.75. The summed E-state index contributed by atoms with van der Waals surface area (Å²) in [6.45, 7) is 15.5. The quantitative estimate of drug-likeness (QED) is 0.312. The molecule has 6 nitrogen and oxygen atoms in total. The van der Waals surface area contributed by atoms with E-state index >= 15 is 0 Å². The molecule has 0 aliphatic heterocycles. The highest BCUT2D eigenvalue weighted by atomic mass is 127. The average molecular weight is 456 g/mol. The van der Waals surface area contributed by atoms with Crippen LogP contribution in [0.15, 0.2) is 4.99 Å². The SMILES string of the molecule is CCC(CC)(CNC(=NC)NCC(C)C)NC(=O)OC(C)(C)C.I. The molecule has 0 saturated carbocycles. The Morgan fingerprint density at radius 2 is 1.67 bits per heavy atom. The lowest BCUT2D eigenvalue weighted by molar-refractivity contribution is 0.0448. The van der Waals surface area contributed by atoms with Crippen LogP contribution in [0, 0.1) is 5.92 Å². The Balaban J connectivity index is 0. The van der Waals surface area contributed by atoms with E-state index in [0.717, 1.165) is 25.3 Å². The fourth-order valence-electron chi connectivity index (χ4n) is 2.02. The maximum atomic E-state index is 12.1. The highest BCUT2D eigenvalue weighted by Gasteiger charge is 2.30. The first kappa shape index (κ1) is 25.5. The van der Waals surface area contributed by atoms with Gasteiger partial charge in [0.15, 0.2) is 5.96 Å². The van der Waals surface area contributed by atoms with E-state index in [1.165, 1.54) is 0 Å². The van der Waals surface area contributed by atoms with Crippen LogP contribution in [0.1, 0.15) is 61.3 Å². The summed E-state index contributed by atoms with van der Waals surface area (Å²) in [5.41, 5.74) is -0.864. The third-order valence-electron chi connectivity index (χ3n) is 3.62. The number of amides is 1. The molecule has 144 valence electrons. The zero-order chi connectivity index (χ0) is 18.1. The second-order valence-corrected chi connectivity index (χ2v) is 7.31. The molecular formula is C17H37IN4O2. The zero-order valence-electron chi connectivity index (χ0n) is 16.6. The number of nitrogens with one attached hydrogen (secondary N) is 3. The monoisotopic (exact) mass is 456 g/mol. The van der Waals surface area contributed by atoms with E-state index in [1.54, 1.807) is 7.05 Å². The summed E-state index contributed by atoms with van der Waals surface area (Å²) >= 11 is 0. The molecule has 0 aromatic heterocycles. The number of carbonyl (C=O) groups excluding carboxylic acids is 1. The van der Waals surface area contributed by atoms with Crippen LogP contribution in [-0.4, -0.2) is 43.3 Å². The van der Waals surface area contributed by atoms with Gasteiger partial charge in [0.25, 0.3) is 0 Å². The van der Waals surface area contributed by atoms with Crippen molar-refractivity contribution in [2.45, 2.75) is 72.4 Å². The standard InChI is InChI=1S/C17H36N4O2.HI/c1-9-17(10-2,21-15(22)23-16(5,6)7)12-20-14(18-8)19-11-13(3)4;/h13H,9-12H2,1-8H3,(H,21,22)(H2,18,19,20);1H. The van der Waals surface area contributed by atoms with Gasteiger partial charge in [-0.15, -0.1) is 24.0 Å². The first-order valence-electron chi connectivity index (χ1n) is 8.53. The first-order valence-corrected chi connectivity index (χ1v) is 8.53. The van der Waals surface area contributed by atoms with Crippen LogP contribution < -0.4 is 16.0 Å². The van der Waals surface area contributed by atoms with Crippen molar-refractivity contribution in [1.29, 1.82) is 0 Å². The van der Waals surface area contributed by atoms with Crippen LogP contribution in [-0.2, 0) is 4.74 Å². The lowest BCUT2D eigenvalue weighted by atomic mass is 9.93. The number of hydrogen-bond acceptors (Lipinski definition) is 3. The molecule has 0 radical (unpaired) electrons. The van der Waals surface area contributed by atoms with E-state index in [0.29, 0.717) is 12.5 Å². The minimum atomic E-state index is -0.500. The van der Waals surface area contributed by atoms with E-state index in [-0.39, 0.29) is 35.6 Å². The summed E-state index contributed by atoms with van der Waals surface area (Å²) in [4.78, 5) is 16.3. The van der Waals surface area contributed by atoms with Crippen LogP contribution in [0.3, 0.4) is 0 Å². The number of guanidine groups is 1. The number of ether oxygens (including phenoxy) is 1. The van der Waals surface area contributed by atoms with Gasteiger partial charge in [0, 0.05) is 20.1 Å². The molecule has 0 atom stereocenters. The maximum absolute atomic E-state index is 12.1. The van der Waals surface area contributed by atoms with Crippen molar-refractivity contribution >= 4 is 36.0 Å². The lowest BCUT2D eigenvalue weighted by Gasteiger charge is -2.34. The number of carbonyl (C=O) groups is 1. The Bertz CT molecular complexity index is 389. The Morgan fingerprint density at radius 3 is 2.04 bits per heavy atom. The smallest absolute Gasteiger partial charge is 0.408 e. The highest BCUT2D eigenvalue weighted by molar-refractivity contribution is 14.0. The third-order valence-corrected chi connectivity index (χ3v) is 3.62. The van der Waals surface area contributed by atoms with Crippen LogP contribution in [0.5, 0.6) is 0 Å². The Morgan fingerprint density at radius 1 is 1.12 bits per heavy atom. The third kappa shape index (κ3) is 10.9. The normalized spacial score (nSPS) is 12.5. The number of hydrogen-bond donors (Lipinski definition) is 3. The molecule has 0 aromatic rings. The molecule has 0 spiro atoms. The number of nitrogens with zero attached hydrogens (tertiary/aromatic N) is 1. The van der Waals surface area contributed by atoms with Gasteiger partial charge in [-0.2, -0.15) is 0 Å². The fourth-order valence-corrected chi connectivity index (χ4v) is 2.02. The van der Waals surface area contributed by atoms with Gasteiger partial charge in [-0.3, -0.25) is 4.99 Å². The number of aliphatic imine (C=N–C) groups is 1. The number of rotatable bonds is 7. The molecule has 0 aliphatic rings. The molecule has 0 bridgehead atoms. The van der Waals surface area contributed by atoms with Gasteiger partial charge in [0.1, 0.15) is 5.60 Å². The molecule has 0 aromatic carbocycles. The fraction of sp³-hybridized carbons (Fsp3) is 0.882. The summed E-state index contributed by atoms with van der Waals surface area (Å²) in [6.07, 6.45) is 1.22. The van der Waals surface area contributed by atoms with E-state index in [4.69, 9.17) is 4.74 Å². The topological polar surface area (TPSA) is 74.8 Å². The Labute approximate surface area is 165 Å². The molecule has 1 amide bonds. The minimum Gasteiger partial charge on any atom is -0.444 e. The van der Waals surface area contributed by atoms with Crippen LogP contribution in [0.2, 0.25) is 0 Å². The average Bonchev–Trinajstić information content (AvgIpc) is 2.43. The van der Waals surface area contributed by atoms with Gasteiger partial charge < -0.3 is 20.7 Å². The van der Waals surface area contributed by atoms with E-state index in [2.05, 4.69) is 48.6 Å². The van der Waals surface area contributed by atoms with Crippen molar-refractivity contribution in [2.75, 3.05) is 20.1 Å². The van der Waals surface area contributed by atoms with Crippen LogP contribution in [0.4, 0.5) is 4.79 Å². The predicted octanol–water partition coefficient (Wildman–Crippen LogP) is 3.51. The number of halogens is 1. The highest BCUT2D eigenvalue weighted by Crippen LogP contribution is 2.16. The van der Waals surface area contributed by atoms with Gasteiger partial charge in [-0.05, 0) is 39.5 Å². The van der Waals surface area contributed by atoms with Gasteiger partial charge in [-0.25, -0.2) is 4.79 Å². The van der Waals surface area contributed by atoms with Crippen molar-refractivity contribution in [2.24, 2.45) is 10.9 Å². The number of alkyl carbamates (subject to hydrolysis) is 1. The summed E-state index contributed by atoms with van der Waals surface area (Å²) in [5, 5.41) is 9.60. The second kappa shape index (κ2) is 11.8. The largest absolute Gasteiger partial charge is 0.444 e. The van der Waals surface area contributed by atoms with Crippen molar-refractivity contribution in [1.82, 2.24) is 16.0 Å². The van der Waals surface area contributed by atoms with Gasteiger partial charge in [-0.1, -0.05) is 27.7 Å². The molecule has 3 N–H and O–H groups in total. The molecular weight excluding hydrogens is 419 g/mol. The molecule has 0 aliphatic carbocycles. The molecule has 24 heavy (non-hydrogen) atoms. The van der Waals surface area contributed by atoms with E-state index in [9.17, 15) is 4.79 Å². The van der Waals surface area contributed by atoms with Crippen molar-refractivity contribution in [3.63, 3.8) is 0 Å². The summed E-state index contributed by atoms with van der Waals surface area (Å²) < 4.78 is 5.39. The Kier molecular flexibility index (Phi) is 12.5. The van der Waals surface area contributed by atoms with E-state index < -0.39 is 5.60 Å². The lowest BCUT2D eigenvalue weighted by Crippen LogP contribution is -2.57. The first-order chi connectivity index (χ1) is 10.6. The predicted molar refractivity (Wildman–Crippen MR) is 112 cm³/mol. The molecule has 0 heterocycles. The molecule has 0 fully saturated rings. The van der Waals surface area contributed by atoms with Gasteiger partial charge in [0.2, 0.25) is 0 Å². The summed E-state index contributed by atoms with van der Waals surface area (Å²) in [6, 6.07) is 0. The van der Waals surface area contributed by atoms with Gasteiger partial charge >= 0.3 is 6.09 Å². The van der Waals surface area contributed by atoms with Crippen molar-refractivity contribution in [3.8, 4) is 0 Å². The summed E-state index contributed by atoms with van der Waals surface area (Å²) in [5.74, 6) is 1.28. The zero-order valence-corrected chi connectivity index (χ0v) is 18.9. The maximum Gasteiger partial charge on any atom is 0.408 e. The van der Waals surface area contributed by atoms with E-state index in [1.807, 2.05) is 20.8 Å². The molecule has 0 saturated heterocycles. The second-order valence-electron chi connectivity index (χ2n) is 7.31. The van der Waals surface area contributed by atoms with Crippen LogP contribution in [0.25, 0.3) is 0 Å². The minimum absolute atomic E-state index is 0. The Hall–Kier alpha value is -0.730. The van der Waals surface area contributed by atoms with Crippen molar-refractivity contribution in [3.05, 3.63) is 0 Å². The van der Waals surface area contributed by atoms with Gasteiger partial charge in [0.05, 0.1) is 5.54 Å². The molecule has 7 heteroatoms.